The van der Waals surface area contributed by atoms with Gasteiger partial charge in [-0.3, -0.25) is 24.2 Å². The number of rotatable bonds is 19. The highest BCUT2D eigenvalue weighted by Crippen LogP contribution is 2.39. The number of ether oxygens (including phenoxy) is 6. The number of aliphatic hydroxyl groups is 2. The van der Waals surface area contributed by atoms with E-state index < -0.39 is 30.4 Å². The molecule has 1 aliphatic heterocycles. The van der Waals surface area contributed by atoms with Gasteiger partial charge in [0, 0.05) is 121 Å². The third-order valence-electron chi connectivity index (χ3n) is 17.4. The predicted octanol–water partition coefficient (Wildman–Crippen LogP) is 14.1. The van der Waals surface area contributed by atoms with E-state index in [0.29, 0.717) is 89.3 Å². The average molecular weight is 2140 g/mol. The zero-order chi connectivity index (χ0) is 87.3. The molecule has 0 fully saturated rings. The smallest absolute Gasteiger partial charge is 0.355 e. The fourth-order valence-electron chi connectivity index (χ4n) is 11.5. The van der Waals surface area contributed by atoms with Crippen molar-refractivity contribution in [3.63, 3.8) is 0 Å². The summed E-state index contributed by atoms with van der Waals surface area (Å²) in [5.41, 5.74) is 25.6. The number of carbonyl (C=O) groups excluding carboxylic acids is 4. The van der Waals surface area contributed by atoms with Crippen molar-refractivity contribution in [2.24, 2.45) is 28.2 Å². The Labute approximate surface area is 777 Å². The second-order valence-electron chi connectivity index (χ2n) is 25.9. The van der Waals surface area contributed by atoms with Gasteiger partial charge in [-0.1, -0.05) is 50.6 Å². The molecule has 0 saturated heterocycles. The van der Waals surface area contributed by atoms with Crippen LogP contribution in [0.15, 0.2) is 124 Å². The van der Waals surface area contributed by atoms with Gasteiger partial charge in [0.15, 0.2) is 45.9 Å². The molecule has 3 amide bonds. The van der Waals surface area contributed by atoms with E-state index >= 15 is 0 Å². The number of aryl methyl sites for hydroxylation is 4. The van der Waals surface area contributed by atoms with Gasteiger partial charge in [-0.2, -0.15) is 15.3 Å². The quantitative estimate of drug-likeness (QED) is 0.0212. The number of Topliss-reactive ketones (excluding diaryl/α,β-unsaturated/α-hetero) is 1. The van der Waals surface area contributed by atoms with Gasteiger partial charge in [0.1, 0.15) is 55.7 Å². The van der Waals surface area contributed by atoms with Crippen molar-refractivity contribution in [1.29, 1.82) is 0 Å². The highest BCUT2D eigenvalue weighted by Gasteiger charge is 2.31. The Balaban J connectivity index is 0.000000769. The summed E-state index contributed by atoms with van der Waals surface area (Å²) in [4.78, 5) is 93.4. The molecule has 0 aliphatic carbocycles. The van der Waals surface area contributed by atoms with E-state index in [1.54, 1.807) is 171 Å². The highest BCUT2D eigenvalue weighted by molar-refractivity contribution is 14.1. The first-order chi connectivity index (χ1) is 55.9. The van der Waals surface area contributed by atoms with Crippen LogP contribution in [0.3, 0.4) is 0 Å². The van der Waals surface area contributed by atoms with Crippen LogP contribution in [0.1, 0.15) is 201 Å². The molecule has 11 N–H and O–H groups in total. The molecule has 676 valence electrons. The number of carboxylic acids is 1. The standard InChI is InChI=1S/C20H22BrIN6O3.C20H22N6O3.C15H19BrN4O3.C8H7NO3.C7H12BrN3O.C7H9IN2O.6CH4/c1-11(13-8-12(22)9-25-18(13)23)31-15-6-5-7-24-17(15)19(29)27(2)10-14-16(21)20(30-4)28(3)26-14;1-11-13-8-12(9-23-18(13)21)16-14(24-26(3)20(16)28-4)10-25(2)19(27)17-15(29-11)6-5-7-22-17;1-9(21)10-6-5-7-17-13(10)14(22)19(2)8-11-12(16)15(23-4)20(3)18-11;1-5(10)6-3-2-4-9-7(6)8(11)12;1-9-4-5-6(8)7(12-3)10-11(5)2;1-4(11)6-2-5(8)3-10-7(6)9;;;;;;/h5-9,11H,10H2,1-4H3,(H2,23,25);5-9,11H,10H2,1-4H3,(H2,21,23);5-7,9,21H,8H2,1-4H3;2-4H,1H3,(H,11,12);9H,4H2,1-3H3;2-4,11H,1H3,(H2,9,10);6*1H4/p+1. The Morgan fingerprint density at radius 1 is 0.645 bits per heavy atom. The van der Waals surface area contributed by atoms with E-state index in [-0.39, 0.29) is 116 Å². The number of hydrogen-bond donors (Lipinski definition) is 8. The molecule has 11 aromatic rings. The van der Waals surface area contributed by atoms with Crippen molar-refractivity contribution < 1.29 is 72.4 Å². The van der Waals surface area contributed by atoms with Crippen molar-refractivity contribution in [3.8, 4) is 46.1 Å². The van der Waals surface area contributed by atoms with E-state index in [4.69, 9.17) is 50.7 Å². The maximum Gasteiger partial charge on any atom is 0.355 e. The molecule has 36 nitrogen and oxygen atoms in total. The number of fused-ring (bicyclic) bond motifs is 5. The van der Waals surface area contributed by atoms with Crippen LogP contribution in [0.4, 0.5) is 17.5 Å². The first-order valence-corrected chi connectivity index (χ1v) is 40.1. The lowest BCUT2D eigenvalue weighted by molar-refractivity contribution is -0.734. The Bertz CT molecular complexity index is 5330. The van der Waals surface area contributed by atoms with Crippen molar-refractivity contribution >= 4 is 140 Å². The zero-order valence-electron chi connectivity index (χ0n) is 67.6. The molecule has 11 aromatic heterocycles. The van der Waals surface area contributed by atoms with Crippen LogP contribution in [-0.4, -0.2) is 185 Å². The summed E-state index contributed by atoms with van der Waals surface area (Å²) in [5.74, 6) is 2.08. The lowest BCUT2D eigenvalue weighted by Crippen LogP contribution is -2.36. The number of halogens is 5. The topological polar surface area (TPSA) is 465 Å². The largest absolute Gasteiger partial charge is 0.483 e. The number of aromatic amines is 1. The number of aliphatic hydroxyl groups excluding tert-OH is 2. The van der Waals surface area contributed by atoms with E-state index in [9.17, 15) is 34.2 Å². The minimum atomic E-state index is -1.18. The number of H-pyrrole nitrogens is 1. The molecule has 2 bridgehead atoms. The van der Waals surface area contributed by atoms with E-state index in [1.807, 2.05) is 50.8 Å². The first kappa shape index (κ1) is 111. The molecular formula is C83H116Br3I2N22O14+. The predicted molar refractivity (Wildman–Crippen MR) is 505 cm³/mol. The summed E-state index contributed by atoms with van der Waals surface area (Å²) in [7, 11) is 20.6. The van der Waals surface area contributed by atoms with Gasteiger partial charge in [-0.15, -0.1) is 9.78 Å². The molecule has 1 aliphatic rings. The van der Waals surface area contributed by atoms with Crippen molar-refractivity contribution in [1.82, 2.24) is 89.3 Å². The average Bonchev–Trinajstić information content (AvgIpc) is 1.61. The third kappa shape index (κ3) is 28.2. The number of aromatic nitrogens is 15. The molecule has 0 aromatic carbocycles. The molecular weight excluding hydrogens is 2020 g/mol. The Kier molecular flexibility index (Phi) is 46.4. The van der Waals surface area contributed by atoms with Crippen molar-refractivity contribution in [2.45, 2.75) is 130 Å². The molecule has 124 heavy (non-hydrogen) atoms. The van der Waals surface area contributed by atoms with Crippen LogP contribution < -0.4 is 55.6 Å². The molecule has 4 atom stereocenters. The summed E-state index contributed by atoms with van der Waals surface area (Å²) in [5, 5.41) is 47.0. The summed E-state index contributed by atoms with van der Waals surface area (Å²) in [6, 6.07) is 18.9. The number of nitrogen functional groups attached to an aromatic ring is 3. The van der Waals surface area contributed by atoms with Crippen LogP contribution in [0.25, 0.3) is 11.1 Å². The minimum Gasteiger partial charge on any atom is -0.483 e. The molecule has 0 radical (unpaired) electrons. The molecule has 12 heterocycles. The number of methoxy groups -OCH3 is 4. The van der Waals surface area contributed by atoms with Gasteiger partial charge in [-0.05, 0) is 195 Å². The Morgan fingerprint density at radius 2 is 1.12 bits per heavy atom. The molecule has 12 rings (SSSR count). The Hall–Kier alpha value is -10.6. The maximum absolute atomic E-state index is 13.1. The molecule has 0 spiro atoms. The monoisotopic (exact) mass is 2140 g/mol. The number of ketones is 1. The number of nitrogens with zero attached hydrogens (tertiary/aromatic N) is 17. The van der Waals surface area contributed by atoms with Crippen molar-refractivity contribution in [2.75, 3.05) is 73.8 Å². The van der Waals surface area contributed by atoms with Crippen LogP contribution in [0.2, 0.25) is 0 Å². The number of pyridine rings is 7. The SMILES string of the molecule is C.C.C.C.C.C.CC(=O)c1cccnc1C(=O)O.CC(O)c1cc(I)cnc1N.CNCc1c(Br)c(OC)[nH][n+]1C.COc1c(Br)c(CN(C)C(=O)c2ncccc2C(C)O)nn1C.COc1c(Br)c(CN(C)C(=O)c2ncccc2OC(C)c2cc(I)cnc2N)nn1C.COc1c2c(nn1C)CN(C)C(=O)c1ncccc1OC(C)c1cc-2cnc1N. The minimum absolute atomic E-state index is 0. The molecule has 4 unspecified atom stereocenters. The van der Waals surface area contributed by atoms with E-state index in [1.165, 1.54) is 41.2 Å². The second kappa shape index (κ2) is 51.6. The van der Waals surface area contributed by atoms with Crippen molar-refractivity contribution in [3.05, 3.63) is 204 Å². The number of aromatic carboxylic acids is 1. The van der Waals surface area contributed by atoms with Gasteiger partial charge in [0.2, 0.25) is 23.3 Å². The second-order valence-corrected chi connectivity index (χ2v) is 30.8. The van der Waals surface area contributed by atoms with Crippen LogP contribution in [-0.2, 0) is 54.4 Å². The lowest BCUT2D eigenvalue weighted by Gasteiger charge is -2.22. The number of anilines is 3. The lowest BCUT2D eigenvalue weighted by atomic mass is 10.0. The molecule has 0 saturated carbocycles. The normalized spacial score (nSPS) is 12.0. The molecule has 41 heteroatoms. The van der Waals surface area contributed by atoms with E-state index in [2.05, 4.69) is 154 Å². The van der Waals surface area contributed by atoms with Crippen LogP contribution in [0, 0.1) is 7.14 Å². The third-order valence-corrected chi connectivity index (χ3v) is 21.0. The highest BCUT2D eigenvalue weighted by atomic mass is 127. The summed E-state index contributed by atoms with van der Waals surface area (Å²) in [6.45, 7) is 9.90. The number of hydrogen-bond acceptors (Lipinski definition) is 27. The van der Waals surface area contributed by atoms with Gasteiger partial charge in [0.25, 0.3) is 23.6 Å². The fraction of sp³-hybridized carbons (Fsp3) is 0.373. The van der Waals surface area contributed by atoms with Gasteiger partial charge in [-0.25, -0.2) is 48.7 Å². The summed E-state index contributed by atoms with van der Waals surface area (Å²) >= 11 is 14.6. The van der Waals surface area contributed by atoms with Gasteiger partial charge in [0.05, 0.1) is 83.6 Å². The summed E-state index contributed by atoms with van der Waals surface area (Å²) in [6.07, 6.45) is 8.85. The van der Waals surface area contributed by atoms with Crippen LogP contribution >= 0.6 is 93.0 Å². The van der Waals surface area contributed by atoms with Crippen LogP contribution in [0.5, 0.6) is 35.0 Å². The summed E-state index contributed by atoms with van der Waals surface area (Å²) < 4.78 is 44.4. The number of nitrogens with two attached hydrogens (primary N) is 3. The number of amides is 3. The number of carbonyl (C=O) groups is 5. The number of carboxylic acid groups (broad SMARTS) is 1. The maximum atomic E-state index is 13.1. The van der Waals surface area contributed by atoms with E-state index in [0.717, 1.165) is 46.4 Å². The fourth-order valence-corrected chi connectivity index (χ4v) is 14.4. The van der Waals surface area contributed by atoms with Gasteiger partial charge >= 0.3 is 5.97 Å². The first-order valence-electron chi connectivity index (χ1n) is 35.6. The van der Waals surface area contributed by atoms with Gasteiger partial charge < -0.3 is 81.0 Å². The number of nitrogens with one attached hydrogen (secondary N) is 2. The Morgan fingerprint density at radius 3 is 1.60 bits per heavy atom. The zero-order valence-corrected chi connectivity index (χ0v) is 76.7.